The largest absolute Gasteiger partial charge is 0.394 e. The van der Waals surface area contributed by atoms with Gasteiger partial charge in [-0.05, 0) is 6.07 Å². The summed E-state index contributed by atoms with van der Waals surface area (Å²) in [6.07, 6.45) is 0. The zero-order chi connectivity index (χ0) is 13.5. The number of H-pyrrole nitrogens is 1. The molecule has 0 aliphatic heterocycles. The molecule has 7 heteroatoms. The summed E-state index contributed by atoms with van der Waals surface area (Å²) in [7, 11) is 0. The molecular weight excluding hydrogens is 330 g/mol. The predicted molar refractivity (Wildman–Crippen MR) is 78.1 cm³/mol. The lowest BCUT2D eigenvalue weighted by Gasteiger charge is -1.99. The number of aliphatic hydroxyl groups excluding tert-OH is 1. The van der Waals surface area contributed by atoms with Crippen LogP contribution in [-0.4, -0.2) is 45.9 Å². The van der Waals surface area contributed by atoms with Crippen LogP contribution in [0.25, 0.3) is 11.4 Å². The molecule has 2 rings (SSSR count). The average Bonchev–Trinajstić information content (AvgIpc) is 2.88. The molecule has 19 heavy (non-hydrogen) atoms. The van der Waals surface area contributed by atoms with Gasteiger partial charge in [0, 0.05) is 15.8 Å². The van der Waals surface area contributed by atoms with Crippen molar-refractivity contribution in [1.29, 1.82) is 0 Å². The molecule has 0 amide bonds. The first-order valence-corrected chi connectivity index (χ1v) is 7.58. The molecule has 5 nitrogen and oxygen atoms in total. The summed E-state index contributed by atoms with van der Waals surface area (Å²) < 4.78 is 6.15. The second-order valence-corrected chi connectivity index (χ2v) is 5.55. The molecule has 0 aliphatic rings. The number of hydrogen-bond acceptors (Lipinski definition) is 5. The van der Waals surface area contributed by atoms with Crippen LogP contribution in [0.15, 0.2) is 33.9 Å². The Balaban J connectivity index is 1.91. The highest BCUT2D eigenvalue weighted by Crippen LogP contribution is 2.26. The topological polar surface area (TPSA) is 71.0 Å². The number of hydrogen-bond donors (Lipinski definition) is 2. The third-order valence-corrected chi connectivity index (χ3v) is 3.79. The van der Waals surface area contributed by atoms with E-state index in [9.17, 15) is 0 Å². The third kappa shape index (κ3) is 4.31. The Labute approximate surface area is 123 Å². The Morgan fingerprint density at radius 2 is 2.16 bits per heavy atom. The molecule has 102 valence electrons. The number of thioether (sulfide) groups is 1. The second kappa shape index (κ2) is 7.64. The summed E-state index contributed by atoms with van der Waals surface area (Å²) in [5.41, 5.74) is 0.985. The number of nitrogens with zero attached hydrogens (tertiary/aromatic N) is 2. The van der Waals surface area contributed by atoms with Gasteiger partial charge in [0.1, 0.15) is 0 Å². The molecule has 0 spiro atoms. The van der Waals surface area contributed by atoms with Crippen molar-refractivity contribution in [1.82, 2.24) is 15.2 Å². The monoisotopic (exact) mass is 343 g/mol. The number of nitrogens with one attached hydrogen (secondary N) is 1. The molecule has 0 bridgehead atoms. The van der Waals surface area contributed by atoms with E-state index >= 15 is 0 Å². The van der Waals surface area contributed by atoms with E-state index < -0.39 is 0 Å². The van der Waals surface area contributed by atoms with Crippen LogP contribution in [0.4, 0.5) is 0 Å². The molecule has 2 aromatic rings. The molecule has 0 atom stereocenters. The van der Waals surface area contributed by atoms with Crippen molar-refractivity contribution in [3.8, 4) is 11.4 Å². The van der Waals surface area contributed by atoms with Gasteiger partial charge in [0.25, 0.3) is 0 Å². The first kappa shape index (κ1) is 14.5. The fourth-order valence-corrected chi connectivity index (χ4v) is 2.57. The van der Waals surface area contributed by atoms with E-state index in [4.69, 9.17) is 9.84 Å². The van der Waals surface area contributed by atoms with Crippen LogP contribution in [0.2, 0.25) is 0 Å². The molecule has 0 saturated carbocycles. The first-order valence-electron chi connectivity index (χ1n) is 5.80. The highest BCUT2D eigenvalue weighted by molar-refractivity contribution is 9.10. The molecule has 0 fully saturated rings. The molecular formula is C12H14BrN3O2S. The van der Waals surface area contributed by atoms with E-state index in [0.717, 1.165) is 21.6 Å². The predicted octanol–water partition coefficient (Wildman–Crippen LogP) is 2.34. The van der Waals surface area contributed by atoms with Crippen molar-refractivity contribution in [2.24, 2.45) is 0 Å². The molecule has 0 saturated heterocycles. The average molecular weight is 344 g/mol. The van der Waals surface area contributed by atoms with Gasteiger partial charge >= 0.3 is 0 Å². The number of halogens is 1. The maximum absolute atomic E-state index is 8.57. The third-order valence-electron chi connectivity index (χ3n) is 2.29. The lowest BCUT2D eigenvalue weighted by molar-refractivity contribution is 0.103. The molecule has 1 aromatic heterocycles. The zero-order valence-electron chi connectivity index (χ0n) is 10.2. The van der Waals surface area contributed by atoms with Crippen LogP contribution >= 0.6 is 27.7 Å². The van der Waals surface area contributed by atoms with Gasteiger partial charge in [-0.1, -0.05) is 45.9 Å². The fraction of sp³-hybridized carbons (Fsp3) is 0.333. The van der Waals surface area contributed by atoms with Crippen LogP contribution in [0, 0.1) is 0 Å². The minimum Gasteiger partial charge on any atom is -0.394 e. The van der Waals surface area contributed by atoms with Gasteiger partial charge in [-0.3, -0.25) is 5.10 Å². The minimum atomic E-state index is 0.0531. The van der Waals surface area contributed by atoms with E-state index in [2.05, 4.69) is 31.1 Å². The van der Waals surface area contributed by atoms with Crippen molar-refractivity contribution in [2.75, 3.05) is 25.6 Å². The van der Waals surface area contributed by atoms with E-state index in [1.165, 1.54) is 11.8 Å². The Kier molecular flexibility index (Phi) is 5.84. The maximum atomic E-state index is 8.57. The van der Waals surface area contributed by atoms with Crippen LogP contribution < -0.4 is 0 Å². The Bertz CT molecular complexity index is 521. The van der Waals surface area contributed by atoms with Gasteiger partial charge in [-0.15, -0.1) is 5.10 Å². The van der Waals surface area contributed by atoms with Gasteiger partial charge in [0.15, 0.2) is 5.82 Å². The normalized spacial score (nSPS) is 10.8. The van der Waals surface area contributed by atoms with E-state index in [0.29, 0.717) is 18.4 Å². The summed E-state index contributed by atoms with van der Waals surface area (Å²) in [4.78, 5) is 4.42. The molecule has 1 aromatic carbocycles. The van der Waals surface area contributed by atoms with Gasteiger partial charge < -0.3 is 9.84 Å². The van der Waals surface area contributed by atoms with E-state index in [1.807, 2.05) is 24.3 Å². The quantitative estimate of drug-likeness (QED) is 0.596. The van der Waals surface area contributed by atoms with Crippen molar-refractivity contribution < 1.29 is 9.84 Å². The van der Waals surface area contributed by atoms with E-state index in [1.54, 1.807) is 0 Å². The summed E-state index contributed by atoms with van der Waals surface area (Å²) in [5.74, 6) is 1.50. The van der Waals surface area contributed by atoms with Crippen LogP contribution in [0.3, 0.4) is 0 Å². The fourth-order valence-electron chi connectivity index (χ4n) is 1.44. The standard InChI is InChI=1S/C12H14BrN3O2S/c13-10-4-2-1-3-9(10)11-14-12(16-15-11)19-8-7-18-6-5-17/h1-4,17H,5-8H2,(H,14,15,16). The number of ether oxygens (including phenoxy) is 1. The van der Waals surface area contributed by atoms with Gasteiger partial charge in [0.05, 0.1) is 19.8 Å². The highest BCUT2D eigenvalue weighted by Gasteiger charge is 2.08. The summed E-state index contributed by atoms with van der Waals surface area (Å²) in [6.45, 7) is 0.998. The van der Waals surface area contributed by atoms with Crippen molar-refractivity contribution in [3.63, 3.8) is 0 Å². The van der Waals surface area contributed by atoms with Crippen molar-refractivity contribution in [3.05, 3.63) is 28.7 Å². The highest BCUT2D eigenvalue weighted by atomic mass is 79.9. The van der Waals surface area contributed by atoms with E-state index in [-0.39, 0.29) is 6.61 Å². The Morgan fingerprint density at radius 3 is 2.95 bits per heavy atom. The lowest BCUT2D eigenvalue weighted by atomic mass is 10.2. The minimum absolute atomic E-state index is 0.0531. The lowest BCUT2D eigenvalue weighted by Crippen LogP contribution is -2.02. The van der Waals surface area contributed by atoms with Crippen LogP contribution in [-0.2, 0) is 4.74 Å². The van der Waals surface area contributed by atoms with Gasteiger partial charge in [-0.2, -0.15) is 0 Å². The zero-order valence-corrected chi connectivity index (χ0v) is 12.6. The number of aromatic amines is 1. The van der Waals surface area contributed by atoms with Crippen molar-refractivity contribution >= 4 is 27.7 Å². The number of rotatable bonds is 7. The SMILES string of the molecule is OCCOCCSc1n[nH]c(-c2ccccc2Br)n1. The van der Waals surface area contributed by atoms with Gasteiger partial charge in [0.2, 0.25) is 5.16 Å². The molecule has 2 N–H and O–H groups in total. The Hall–Kier alpha value is -0.890. The number of aromatic nitrogens is 3. The summed E-state index contributed by atoms with van der Waals surface area (Å²) in [5, 5.41) is 16.3. The summed E-state index contributed by atoms with van der Waals surface area (Å²) in [6, 6.07) is 7.85. The smallest absolute Gasteiger partial charge is 0.208 e. The molecule has 1 heterocycles. The Morgan fingerprint density at radius 1 is 1.32 bits per heavy atom. The maximum Gasteiger partial charge on any atom is 0.208 e. The number of aliphatic hydroxyl groups is 1. The first-order chi connectivity index (χ1) is 9.31. The van der Waals surface area contributed by atoms with Gasteiger partial charge in [-0.25, -0.2) is 4.98 Å². The van der Waals surface area contributed by atoms with Crippen LogP contribution in [0.5, 0.6) is 0 Å². The molecule has 0 radical (unpaired) electrons. The van der Waals surface area contributed by atoms with Crippen LogP contribution in [0.1, 0.15) is 0 Å². The molecule has 0 unspecified atom stereocenters. The van der Waals surface area contributed by atoms with Crippen molar-refractivity contribution in [2.45, 2.75) is 5.16 Å². The number of benzene rings is 1. The second-order valence-electron chi connectivity index (χ2n) is 3.63. The summed E-state index contributed by atoms with van der Waals surface area (Å²) >= 11 is 5.00. The molecule has 0 aliphatic carbocycles.